The van der Waals surface area contributed by atoms with Crippen LogP contribution >= 0.6 is 34.8 Å². The lowest BCUT2D eigenvalue weighted by Crippen LogP contribution is -2.31. The minimum atomic E-state index is -0.920. The SMILES string of the molecule is CN(Cc1ccccc1)C(=O)COC(=O)c1nc(Cl)c(Cl)c(N)c1Cl. The number of pyridine rings is 1. The zero-order valence-electron chi connectivity index (χ0n) is 13.1. The first-order chi connectivity index (χ1) is 11.8. The Kier molecular flexibility index (Phi) is 6.47. The molecule has 0 aliphatic carbocycles. The third-order valence-corrected chi connectivity index (χ3v) is 4.42. The summed E-state index contributed by atoms with van der Waals surface area (Å²) in [5.74, 6) is -1.31. The highest BCUT2D eigenvalue weighted by Crippen LogP contribution is 2.34. The fraction of sp³-hybridized carbons (Fsp3) is 0.188. The van der Waals surface area contributed by atoms with Crippen molar-refractivity contribution in [3.8, 4) is 0 Å². The van der Waals surface area contributed by atoms with Crippen molar-refractivity contribution in [3.63, 3.8) is 0 Å². The van der Waals surface area contributed by atoms with Crippen LogP contribution in [-0.2, 0) is 16.1 Å². The molecule has 2 rings (SSSR count). The average molecular weight is 403 g/mol. The molecule has 9 heteroatoms. The summed E-state index contributed by atoms with van der Waals surface area (Å²) in [7, 11) is 1.60. The van der Waals surface area contributed by atoms with Crippen LogP contribution in [0.1, 0.15) is 16.1 Å². The van der Waals surface area contributed by atoms with Crippen LogP contribution in [0.3, 0.4) is 0 Å². The van der Waals surface area contributed by atoms with E-state index in [2.05, 4.69) is 4.98 Å². The molecule has 0 atom stereocenters. The lowest BCUT2D eigenvalue weighted by atomic mass is 10.2. The highest BCUT2D eigenvalue weighted by molar-refractivity contribution is 6.46. The van der Waals surface area contributed by atoms with Gasteiger partial charge >= 0.3 is 5.97 Å². The van der Waals surface area contributed by atoms with Crippen LogP contribution in [0.2, 0.25) is 15.2 Å². The molecular weight excluding hydrogens is 389 g/mol. The van der Waals surface area contributed by atoms with Crippen molar-refractivity contribution in [2.45, 2.75) is 6.54 Å². The molecule has 1 aromatic carbocycles. The molecular formula is C16H14Cl3N3O3. The standard InChI is InChI=1S/C16H14Cl3N3O3/c1-22(7-9-5-3-2-4-6-9)10(23)8-25-16(24)14-11(17)13(20)12(18)15(19)21-14/h2-6H,7-8H2,1H3,(H2,20,21). The largest absolute Gasteiger partial charge is 0.451 e. The van der Waals surface area contributed by atoms with Gasteiger partial charge in [0.25, 0.3) is 5.91 Å². The number of rotatable bonds is 5. The monoisotopic (exact) mass is 401 g/mol. The second-order valence-corrected chi connectivity index (χ2v) is 6.22. The van der Waals surface area contributed by atoms with Crippen LogP contribution in [0.5, 0.6) is 0 Å². The molecule has 0 aliphatic heterocycles. The van der Waals surface area contributed by atoms with Gasteiger partial charge in [0.05, 0.1) is 10.7 Å². The first kappa shape index (κ1) is 19.3. The third-order valence-electron chi connectivity index (χ3n) is 3.28. The van der Waals surface area contributed by atoms with Crippen LogP contribution < -0.4 is 5.73 Å². The molecule has 0 saturated heterocycles. The summed E-state index contributed by atoms with van der Waals surface area (Å²) in [6, 6.07) is 9.40. The highest BCUT2D eigenvalue weighted by Gasteiger charge is 2.22. The van der Waals surface area contributed by atoms with E-state index in [1.165, 1.54) is 4.90 Å². The van der Waals surface area contributed by atoms with Crippen LogP contribution in [0, 0.1) is 0 Å². The molecule has 0 aliphatic rings. The van der Waals surface area contributed by atoms with Crippen molar-refractivity contribution in [2.75, 3.05) is 19.4 Å². The first-order valence-electron chi connectivity index (χ1n) is 7.06. The van der Waals surface area contributed by atoms with Gasteiger partial charge in [0.15, 0.2) is 17.5 Å². The number of benzene rings is 1. The third kappa shape index (κ3) is 4.75. The molecule has 0 saturated carbocycles. The number of hydrogen-bond donors (Lipinski definition) is 1. The number of anilines is 1. The summed E-state index contributed by atoms with van der Waals surface area (Å²) >= 11 is 17.5. The smallest absolute Gasteiger partial charge is 0.359 e. The number of hydrogen-bond acceptors (Lipinski definition) is 5. The molecule has 25 heavy (non-hydrogen) atoms. The maximum Gasteiger partial charge on any atom is 0.359 e. The van der Waals surface area contributed by atoms with E-state index in [-0.39, 0.29) is 32.5 Å². The van der Waals surface area contributed by atoms with Crippen molar-refractivity contribution in [2.24, 2.45) is 0 Å². The van der Waals surface area contributed by atoms with Crippen molar-refractivity contribution in [1.29, 1.82) is 0 Å². The Morgan fingerprint density at radius 3 is 2.44 bits per heavy atom. The lowest BCUT2D eigenvalue weighted by Gasteiger charge is -2.17. The molecule has 0 radical (unpaired) electrons. The van der Waals surface area contributed by atoms with Crippen molar-refractivity contribution in [3.05, 3.63) is 56.8 Å². The number of nitrogens with two attached hydrogens (primary N) is 1. The van der Waals surface area contributed by atoms with Gasteiger partial charge in [-0.25, -0.2) is 9.78 Å². The predicted molar refractivity (Wildman–Crippen MR) is 96.9 cm³/mol. The molecule has 6 nitrogen and oxygen atoms in total. The Hall–Kier alpha value is -2.02. The number of carbonyl (C=O) groups excluding carboxylic acids is 2. The van der Waals surface area contributed by atoms with Crippen molar-refractivity contribution < 1.29 is 14.3 Å². The molecule has 1 amide bonds. The number of halogens is 3. The summed E-state index contributed by atoms with van der Waals surface area (Å²) < 4.78 is 4.95. The Morgan fingerprint density at radius 1 is 1.16 bits per heavy atom. The maximum absolute atomic E-state index is 12.1. The topological polar surface area (TPSA) is 85.5 Å². The zero-order chi connectivity index (χ0) is 18.6. The summed E-state index contributed by atoms with van der Waals surface area (Å²) in [6.45, 7) is -0.0870. The molecule has 0 fully saturated rings. The number of likely N-dealkylation sites (N-methyl/N-ethyl adjacent to an activating group) is 1. The summed E-state index contributed by atoms with van der Waals surface area (Å²) in [5.41, 5.74) is 6.21. The first-order valence-corrected chi connectivity index (χ1v) is 8.19. The number of amides is 1. The average Bonchev–Trinajstić information content (AvgIpc) is 2.61. The second kappa shape index (κ2) is 8.38. The fourth-order valence-electron chi connectivity index (χ4n) is 1.92. The maximum atomic E-state index is 12.1. The molecule has 0 spiro atoms. The summed E-state index contributed by atoms with van der Waals surface area (Å²) in [4.78, 5) is 29.3. The van der Waals surface area contributed by atoms with Gasteiger partial charge in [-0.1, -0.05) is 65.1 Å². The van der Waals surface area contributed by atoms with Crippen LogP contribution in [0.15, 0.2) is 30.3 Å². The molecule has 0 bridgehead atoms. The normalized spacial score (nSPS) is 10.4. The molecule has 1 heterocycles. The molecule has 132 valence electrons. The Labute approximate surface area is 159 Å². The highest BCUT2D eigenvalue weighted by atomic mass is 35.5. The van der Waals surface area contributed by atoms with Gasteiger partial charge < -0.3 is 15.4 Å². The van der Waals surface area contributed by atoms with E-state index >= 15 is 0 Å². The Balaban J connectivity index is 1.99. The van der Waals surface area contributed by atoms with E-state index < -0.39 is 12.6 Å². The van der Waals surface area contributed by atoms with Gasteiger partial charge in [-0.2, -0.15) is 0 Å². The Bertz CT molecular complexity index is 800. The number of esters is 1. The van der Waals surface area contributed by atoms with Gasteiger partial charge in [0.2, 0.25) is 0 Å². The van der Waals surface area contributed by atoms with Gasteiger partial charge in [0.1, 0.15) is 5.02 Å². The van der Waals surface area contributed by atoms with Crippen LogP contribution in [0.25, 0.3) is 0 Å². The van der Waals surface area contributed by atoms with E-state index in [1.54, 1.807) is 7.05 Å². The lowest BCUT2D eigenvalue weighted by molar-refractivity contribution is -0.133. The van der Waals surface area contributed by atoms with Crippen molar-refractivity contribution >= 4 is 52.4 Å². The zero-order valence-corrected chi connectivity index (χ0v) is 15.4. The van der Waals surface area contributed by atoms with Crippen LogP contribution in [0.4, 0.5) is 5.69 Å². The summed E-state index contributed by atoms with van der Waals surface area (Å²) in [5, 5.41) is -0.408. The minimum Gasteiger partial charge on any atom is -0.451 e. The van der Waals surface area contributed by atoms with Gasteiger partial charge in [0, 0.05) is 13.6 Å². The number of carbonyl (C=O) groups is 2. The predicted octanol–water partition coefficient (Wildman–Crippen LogP) is 3.44. The number of ether oxygens (including phenoxy) is 1. The molecule has 0 unspecified atom stereocenters. The quantitative estimate of drug-likeness (QED) is 0.611. The molecule has 1 aromatic heterocycles. The van der Waals surface area contributed by atoms with Gasteiger partial charge in [-0.3, -0.25) is 4.79 Å². The van der Waals surface area contributed by atoms with E-state index in [1.807, 2.05) is 30.3 Å². The number of nitrogen functional groups attached to an aromatic ring is 1. The van der Waals surface area contributed by atoms with Crippen LogP contribution in [-0.4, -0.2) is 35.4 Å². The minimum absolute atomic E-state index is 0.0538. The summed E-state index contributed by atoms with van der Waals surface area (Å²) in [6.07, 6.45) is 0. The molecule has 2 N–H and O–H groups in total. The second-order valence-electron chi connectivity index (χ2n) is 5.10. The van der Waals surface area contributed by atoms with E-state index in [0.29, 0.717) is 6.54 Å². The number of nitrogens with zero attached hydrogens (tertiary/aromatic N) is 2. The van der Waals surface area contributed by atoms with Crippen molar-refractivity contribution in [1.82, 2.24) is 9.88 Å². The Morgan fingerprint density at radius 2 is 1.80 bits per heavy atom. The fourth-order valence-corrected chi connectivity index (χ4v) is 2.50. The molecule has 2 aromatic rings. The van der Waals surface area contributed by atoms with Gasteiger partial charge in [-0.15, -0.1) is 0 Å². The van der Waals surface area contributed by atoms with E-state index in [9.17, 15) is 9.59 Å². The van der Waals surface area contributed by atoms with Gasteiger partial charge in [-0.05, 0) is 5.56 Å². The number of aromatic nitrogens is 1. The van der Waals surface area contributed by atoms with E-state index in [0.717, 1.165) is 5.56 Å². The van der Waals surface area contributed by atoms with E-state index in [4.69, 9.17) is 45.3 Å².